The van der Waals surface area contributed by atoms with E-state index in [2.05, 4.69) is 15.5 Å². The smallest absolute Gasteiger partial charge is 0.377 e. The fraction of sp³-hybridized carbons (Fsp3) is 0.611. The monoisotopic (exact) mass is 389 g/mol. The molecule has 150 valence electrons. The van der Waals surface area contributed by atoms with E-state index >= 15 is 0 Å². The number of carbonyl (C=O) groups is 1. The predicted octanol–water partition coefficient (Wildman–Crippen LogP) is 3.61. The second kappa shape index (κ2) is 8.43. The Morgan fingerprint density at radius 2 is 1.96 bits per heavy atom. The van der Waals surface area contributed by atoms with Gasteiger partial charge in [-0.05, 0) is 37.8 Å². The van der Waals surface area contributed by atoms with Gasteiger partial charge in [0, 0.05) is 32.3 Å². The summed E-state index contributed by atoms with van der Waals surface area (Å²) in [4.78, 5) is 14.3. The lowest BCUT2D eigenvalue weighted by atomic mass is 10.0. The summed E-state index contributed by atoms with van der Waals surface area (Å²) >= 11 is 0. The number of hydrogen-bond donors (Lipinski definition) is 2. The zero-order valence-corrected chi connectivity index (χ0v) is 14.8. The highest BCUT2D eigenvalue weighted by Crippen LogP contribution is 2.33. The van der Waals surface area contributed by atoms with Gasteiger partial charge in [-0.25, -0.2) is 9.18 Å². The van der Waals surface area contributed by atoms with Gasteiger partial charge in [-0.15, -0.1) is 0 Å². The molecule has 2 fully saturated rings. The Labute approximate surface area is 155 Å². The normalized spacial score (nSPS) is 22.0. The van der Waals surface area contributed by atoms with Crippen molar-refractivity contribution in [2.45, 2.75) is 44.0 Å². The highest BCUT2D eigenvalue weighted by Gasteiger charge is 2.35. The number of rotatable bonds is 4. The first kappa shape index (κ1) is 19.9. The van der Waals surface area contributed by atoms with Crippen LogP contribution in [0.25, 0.3) is 0 Å². The van der Waals surface area contributed by atoms with E-state index in [9.17, 15) is 22.4 Å². The molecule has 1 aromatic carbocycles. The van der Waals surface area contributed by atoms with Gasteiger partial charge < -0.3 is 20.3 Å². The Morgan fingerprint density at radius 3 is 2.59 bits per heavy atom. The summed E-state index contributed by atoms with van der Waals surface area (Å²) < 4.78 is 57.8. The highest BCUT2D eigenvalue weighted by atomic mass is 19.4. The molecule has 0 aliphatic carbocycles. The highest BCUT2D eigenvalue weighted by molar-refractivity contribution is 5.89. The van der Waals surface area contributed by atoms with Crippen LogP contribution in [0.4, 0.5) is 28.0 Å². The molecular weight excluding hydrogens is 366 g/mol. The predicted molar refractivity (Wildman–Crippen MR) is 92.0 cm³/mol. The average molecular weight is 389 g/mol. The Morgan fingerprint density at radius 1 is 1.22 bits per heavy atom. The van der Waals surface area contributed by atoms with E-state index in [-0.39, 0.29) is 12.1 Å². The van der Waals surface area contributed by atoms with Crippen LogP contribution in [0.15, 0.2) is 18.2 Å². The number of carbonyl (C=O) groups excluding carboxylic acids is 1. The first-order valence-corrected chi connectivity index (χ1v) is 9.10. The molecule has 27 heavy (non-hydrogen) atoms. The lowest BCUT2D eigenvalue weighted by Crippen LogP contribution is -2.47. The SMILES string of the molecule is O=C(Nc1cccc(C(F)(F)F)c1F)NC1CCN(C[C@H]2CCCO2)CC1. The van der Waals surface area contributed by atoms with Crippen molar-refractivity contribution in [2.24, 2.45) is 0 Å². The van der Waals surface area contributed by atoms with Crippen LogP contribution in [0.3, 0.4) is 0 Å². The molecule has 0 aromatic heterocycles. The average Bonchev–Trinajstić information content (AvgIpc) is 3.10. The Bertz CT molecular complexity index is 654. The fourth-order valence-electron chi connectivity index (χ4n) is 3.53. The van der Waals surface area contributed by atoms with Crippen molar-refractivity contribution in [3.8, 4) is 0 Å². The Balaban J connectivity index is 1.48. The number of piperidine rings is 1. The van der Waals surface area contributed by atoms with Gasteiger partial charge in [0.05, 0.1) is 17.4 Å². The van der Waals surface area contributed by atoms with Crippen molar-refractivity contribution in [1.29, 1.82) is 0 Å². The number of alkyl halides is 3. The van der Waals surface area contributed by atoms with E-state index in [0.717, 1.165) is 64.1 Å². The quantitative estimate of drug-likeness (QED) is 0.774. The molecule has 1 atom stereocenters. The minimum absolute atomic E-state index is 0.0976. The standard InChI is InChI=1S/C18H23F4N3O2/c19-16-14(18(20,21)22)4-1-5-15(16)24-17(26)23-12-6-8-25(9-7-12)11-13-3-2-10-27-13/h1,4-5,12-13H,2-3,6-11H2,(H2,23,24,26)/t13-/m1/s1. The van der Waals surface area contributed by atoms with E-state index in [4.69, 9.17) is 4.74 Å². The van der Waals surface area contributed by atoms with Gasteiger partial charge in [-0.1, -0.05) is 6.07 Å². The van der Waals surface area contributed by atoms with E-state index in [1.807, 2.05) is 0 Å². The summed E-state index contributed by atoms with van der Waals surface area (Å²) in [6.45, 7) is 3.31. The number of nitrogens with one attached hydrogen (secondary N) is 2. The maximum absolute atomic E-state index is 14.0. The van der Waals surface area contributed by atoms with Gasteiger partial charge >= 0.3 is 12.2 Å². The number of urea groups is 1. The van der Waals surface area contributed by atoms with Gasteiger partial charge in [0.2, 0.25) is 0 Å². The zero-order valence-electron chi connectivity index (χ0n) is 14.8. The molecule has 2 N–H and O–H groups in total. The molecule has 2 heterocycles. The molecule has 2 aliphatic heterocycles. The first-order valence-electron chi connectivity index (χ1n) is 9.10. The zero-order chi connectivity index (χ0) is 19.4. The lowest BCUT2D eigenvalue weighted by Gasteiger charge is -2.33. The number of ether oxygens (including phenoxy) is 1. The summed E-state index contributed by atoms with van der Waals surface area (Å²) in [5.74, 6) is -1.48. The van der Waals surface area contributed by atoms with Crippen molar-refractivity contribution in [3.05, 3.63) is 29.6 Å². The summed E-state index contributed by atoms with van der Waals surface area (Å²) in [6, 6.07) is 2.01. The topological polar surface area (TPSA) is 53.6 Å². The van der Waals surface area contributed by atoms with Crippen LogP contribution in [0.2, 0.25) is 0 Å². The van der Waals surface area contributed by atoms with E-state index in [0.29, 0.717) is 6.07 Å². The molecule has 5 nitrogen and oxygen atoms in total. The minimum atomic E-state index is -4.81. The number of hydrogen-bond acceptors (Lipinski definition) is 3. The van der Waals surface area contributed by atoms with Crippen LogP contribution < -0.4 is 10.6 Å². The largest absolute Gasteiger partial charge is 0.419 e. The van der Waals surface area contributed by atoms with E-state index in [1.165, 1.54) is 0 Å². The number of nitrogens with zero attached hydrogens (tertiary/aromatic N) is 1. The van der Waals surface area contributed by atoms with Crippen molar-refractivity contribution >= 4 is 11.7 Å². The molecule has 3 rings (SSSR count). The van der Waals surface area contributed by atoms with Crippen LogP contribution in [-0.4, -0.2) is 49.3 Å². The molecule has 2 saturated heterocycles. The van der Waals surface area contributed by atoms with E-state index < -0.39 is 29.3 Å². The van der Waals surface area contributed by atoms with Crippen molar-refractivity contribution < 1.29 is 27.1 Å². The van der Waals surface area contributed by atoms with Gasteiger partial charge in [0.25, 0.3) is 0 Å². The number of benzene rings is 1. The van der Waals surface area contributed by atoms with Gasteiger partial charge in [0.15, 0.2) is 5.82 Å². The van der Waals surface area contributed by atoms with Gasteiger partial charge in [0.1, 0.15) is 0 Å². The van der Waals surface area contributed by atoms with Gasteiger partial charge in [-0.3, -0.25) is 0 Å². The molecule has 0 spiro atoms. The van der Waals surface area contributed by atoms with Crippen LogP contribution in [0, 0.1) is 5.82 Å². The van der Waals surface area contributed by atoms with Gasteiger partial charge in [-0.2, -0.15) is 13.2 Å². The molecule has 0 radical (unpaired) electrons. The van der Waals surface area contributed by atoms with Crippen molar-refractivity contribution in [2.75, 3.05) is 31.6 Å². The second-order valence-electron chi connectivity index (χ2n) is 6.97. The minimum Gasteiger partial charge on any atom is -0.377 e. The molecule has 2 aliphatic rings. The van der Waals surface area contributed by atoms with E-state index in [1.54, 1.807) is 0 Å². The number of anilines is 1. The molecule has 0 saturated carbocycles. The third kappa shape index (κ3) is 5.32. The van der Waals surface area contributed by atoms with Crippen molar-refractivity contribution in [1.82, 2.24) is 10.2 Å². The fourth-order valence-corrected chi connectivity index (χ4v) is 3.53. The third-order valence-electron chi connectivity index (χ3n) is 4.96. The van der Waals surface area contributed by atoms with Crippen LogP contribution in [0.5, 0.6) is 0 Å². The molecule has 2 amide bonds. The molecule has 9 heteroatoms. The summed E-state index contributed by atoms with van der Waals surface area (Å²) in [6.07, 6.45) is -0.912. The summed E-state index contributed by atoms with van der Waals surface area (Å²) in [7, 11) is 0. The van der Waals surface area contributed by atoms with Crippen LogP contribution in [-0.2, 0) is 10.9 Å². The van der Waals surface area contributed by atoms with Crippen molar-refractivity contribution in [3.63, 3.8) is 0 Å². The molecule has 0 unspecified atom stereocenters. The summed E-state index contributed by atoms with van der Waals surface area (Å²) in [5, 5.41) is 4.89. The second-order valence-corrected chi connectivity index (χ2v) is 6.97. The maximum atomic E-state index is 14.0. The lowest BCUT2D eigenvalue weighted by molar-refractivity contribution is -0.139. The molecular formula is C18H23F4N3O2. The number of halogens is 4. The Hall–Kier alpha value is -1.87. The Kier molecular flexibility index (Phi) is 6.21. The maximum Gasteiger partial charge on any atom is 0.419 e. The molecule has 1 aromatic rings. The van der Waals surface area contributed by atoms with Crippen LogP contribution in [0.1, 0.15) is 31.2 Å². The first-order chi connectivity index (χ1) is 12.8. The summed E-state index contributed by atoms with van der Waals surface area (Å²) in [5.41, 5.74) is -1.89. The third-order valence-corrected chi connectivity index (χ3v) is 4.96. The molecule has 0 bridgehead atoms. The van der Waals surface area contributed by atoms with Crippen LogP contribution >= 0.6 is 0 Å². The number of likely N-dealkylation sites (tertiary alicyclic amines) is 1. The number of amides is 2.